The summed E-state index contributed by atoms with van der Waals surface area (Å²) in [6.45, 7) is 6.27. The summed E-state index contributed by atoms with van der Waals surface area (Å²) in [6, 6.07) is 1.68. The zero-order chi connectivity index (χ0) is 18.3. The number of fused-ring (bicyclic) bond motifs is 1. The molecule has 7 heteroatoms. The van der Waals surface area contributed by atoms with Crippen LogP contribution in [0.1, 0.15) is 53.7 Å². The van der Waals surface area contributed by atoms with E-state index in [1.165, 1.54) is 0 Å². The van der Waals surface area contributed by atoms with Crippen LogP contribution in [0.5, 0.6) is 0 Å². The second-order valence-corrected chi connectivity index (χ2v) is 7.46. The number of aromatic nitrogens is 4. The van der Waals surface area contributed by atoms with Gasteiger partial charge in [0.15, 0.2) is 0 Å². The van der Waals surface area contributed by atoms with Gasteiger partial charge < -0.3 is 9.47 Å². The molecule has 0 aromatic carbocycles. The number of nitrogens with one attached hydrogen (secondary N) is 1. The number of aromatic amines is 1. The molecule has 0 bridgehead atoms. The standard InChI is InChI=1S/C19H25N5O2/c1-12-15(13(2)22-21-12)9-19(26)23-7-3-5-14(11-23)16-10-18(25)20-17-6-4-8-24(16)17/h10,14H,3-9,11H2,1-2H3,(H,21,22)/t14-/m1/s1. The fourth-order valence-electron chi connectivity index (χ4n) is 4.30. The topological polar surface area (TPSA) is 83.9 Å². The van der Waals surface area contributed by atoms with E-state index in [2.05, 4.69) is 19.7 Å². The van der Waals surface area contributed by atoms with Gasteiger partial charge in [0.1, 0.15) is 5.82 Å². The van der Waals surface area contributed by atoms with Crippen LogP contribution >= 0.6 is 0 Å². The van der Waals surface area contributed by atoms with Crippen molar-refractivity contribution in [2.24, 2.45) is 0 Å². The summed E-state index contributed by atoms with van der Waals surface area (Å²) in [4.78, 5) is 30.9. The van der Waals surface area contributed by atoms with Gasteiger partial charge in [0.25, 0.3) is 5.56 Å². The molecular formula is C19H25N5O2. The first kappa shape index (κ1) is 17.0. The van der Waals surface area contributed by atoms with Crippen molar-refractivity contribution < 1.29 is 4.79 Å². The van der Waals surface area contributed by atoms with Gasteiger partial charge in [-0.3, -0.25) is 14.7 Å². The lowest BCUT2D eigenvalue weighted by atomic mass is 9.93. The highest BCUT2D eigenvalue weighted by molar-refractivity contribution is 5.79. The van der Waals surface area contributed by atoms with Crippen molar-refractivity contribution >= 4 is 5.91 Å². The van der Waals surface area contributed by atoms with E-state index in [0.29, 0.717) is 13.0 Å². The number of aryl methyl sites for hydroxylation is 3. The lowest BCUT2D eigenvalue weighted by molar-refractivity contribution is -0.131. The molecule has 4 heterocycles. The van der Waals surface area contributed by atoms with E-state index >= 15 is 0 Å². The lowest BCUT2D eigenvalue weighted by Gasteiger charge is -2.34. The van der Waals surface area contributed by atoms with E-state index in [-0.39, 0.29) is 17.4 Å². The number of rotatable bonds is 3. The molecule has 2 aromatic heterocycles. The van der Waals surface area contributed by atoms with Gasteiger partial charge in [0, 0.05) is 55.0 Å². The Morgan fingerprint density at radius 1 is 1.31 bits per heavy atom. The highest BCUT2D eigenvalue weighted by Crippen LogP contribution is 2.29. The molecule has 26 heavy (non-hydrogen) atoms. The highest BCUT2D eigenvalue weighted by Gasteiger charge is 2.29. The second kappa shape index (κ2) is 6.70. The van der Waals surface area contributed by atoms with Crippen LogP contribution in [-0.2, 0) is 24.2 Å². The number of hydrogen-bond donors (Lipinski definition) is 1. The average molecular weight is 355 g/mol. The minimum absolute atomic E-state index is 0.139. The number of carbonyl (C=O) groups is 1. The van der Waals surface area contributed by atoms with Crippen molar-refractivity contribution in [3.05, 3.63) is 44.9 Å². The van der Waals surface area contributed by atoms with E-state index in [4.69, 9.17) is 0 Å². The summed E-state index contributed by atoms with van der Waals surface area (Å²) < 4.78 is 2.20. The largest absolute Gasteiger partial charge is 0.342 e. The molecule has 0 radical (unpaired) electrons. The van der Waals surface area contributed by atoms with Crippen LogP contribution in [0.4, 0.5) is 0 Å². The molecule has 0 aliphatic carbocycles. The zero-order valence-electron chi connectivity index (χ0n) is 15.4. The van der Waals surface area contributed by atoms with Crippen LogP contribution in [0.2, 0.25) is 0 Å². The number of H-pyrrole nitrogens is 1. The van der Waals surface area contributed by atoms with Gasteiger partial charge in [-0.05, 0) is 33.1 Å². The number of amides is 1. The molecule has 0 spiro atoms. The molecule has 1 amide bonds. The Morgan fingerprint density at radius 2 is 2.15 bits per heavy atom. The van der Waals surface area contributed by atoms with Gasteiger partial charge in [-0.2, -0.15) is 10.1 Å². The lowest BCUT2D eigenvalue weighted by Crippen LogP contribution is -2.41. The Morgan fingerprint density at radius 3 is 2.92 bits per heavy atom. The summed E-state index contributed by atoms with van der Waals surface area (Å²) >= 11 is 0. The molecule has 2 aliphatic heterocycles. The van der Waals surface area contributed by atoms with Crippen LogP contribution in [0.15, 0.2) is 10.9 Å². The average Bonchev–Trinajstić information content (AvgIpc) is 3.22. The van der Waals surface area contributed by atoms with E-state index in [0.717, 1.165) is 67.2 Å². The second-order valence-electron chi connectivity index (χ2n) is 7.46. The first-order valence-electron chi connectivity index (χ1n) is 9.42. The number of nitrogens with zero attached hydrogens (tertiary/aromatic N) is 4. The molecule has 1 atom stereocenters. The van der Waals surface area contributed by atoms with Gasteiger partial charge in [0.05, 0.1) is 12.1 Å². The molecular weight excluding hydrogens is 330 g/mol. The SMILES string of the molecule is Cc1n[nH]c(C)c1CC(=O)N1CCC[C@@H](c2cc(=O)nc3n2CCC3)C1. The number of carbonyl (C=O) groups excluding carboxylic acids is 1. The quantitative estimate of drug-likeness (QED) is 0.904. The predicted octanol–water partition coefficient (Wildman–Crippen LogP) is 1.48. The van der Waals surface area contributed by atoms with Gasteiger partial charge in [0.2, 0.25) is 5.91 Å². The zero-order valence-corrected chi connectivity index (χ0v) is 15.4. The Kier molecular flexibility index (Phi) is 4.38. The monoisotopic (exact) mass is 355 g/mol. The maximum Gasteiger partial charge on any atom is 0.273 e. The molecule has 2 aliphatic rings. The van der Waals surface area contributed by atoms with Gasteiger partial charge in [-0.25, -0.2) is 0 Å². The molecule has 0 saturated carbocycles. The van der Waals surface area contributed by atoms with Crippen LogP contribution in [0, 0.1) is 13.8 Å². The van der Waals surface area contributed by atoms with Crippen LogP contribution in [0.25, 0.3) is 0 Å². The Balaban J connectivity index is 1.53. The van der Waals surface area contributed by atoms with Gasteiger partial charge >= 0.3 is 0 Å². The fourth-order valence-corrected chi connectivity index (χ4v) is 4.30. The number of hydrogen-bond acceptors (Lipinski definition) is 4. The molecule has 7 nitrogen and oxygen atoms in total. The molecule has 0 unspecified atom stereocenters. The Labute approximate surface area is 152 Å². The minimum Gasteiger partial charge on any atom is -0.342 e. The fraction of sp³-hybridized carbons (Fsp3) is 0.579. The van der Waals surface area contributed by atoms with Crippen LogP contribution < -0.4 is 5.56 Å². The first-order chi connectivity index (χ1) is 12.5. The third-order valence-corrected chi connectivity index (χ3v) is 5.72. The summed E-state index contributed by atoms with van der Waals surface area (Å²) in [7, 11) is 0. The normalized spacial score (nSPS) is 19.6. The summed E-state index contributed by atoms with van der Waals surface area (Å²) in [5, 5.41) is 7.13. The van der Waals surface area contributed by atoms with E-state index in [9.17, 15) is 9.59 Å². The van der Waals surface area contributed by atoms with E-state index < -0.39 is 0 Å². The number of piperidine rings is 1. The number of likely N-dealkylation sites (tertiary alicyclic amines) is 1. The van der Waals surface area contributed by atoms with Gasteiger partial charge in [-0.15, -0.1) is 0 Å². The maximum absolute atomic E-state index is 12.9. The predicted molar refractivity (Wildman–Crippen MR) is 97.1 cm³/mol. The van der Waals surface area contributed by atoms with Crippen molar-refractivity contribution in [3.8, 4) is 0 Å². The van der Waals surface area contributed by atoms with Gasteiger partial charge in [-0.1, -0.05) is 0 Å². The van der Waals surface area contributed by atoms with Crippen molar-refractivity contribution in [3.63, 3.8) is 0 Å². The summed E-state index contributed by atoms with van der Waals surface area (Å²) in [6.07, 6.45) is 4.27. The van der Waals surface area contributed by atoms with Crippen molar-refractivity contribution in [1.82, 2.24) is 24.6 Å². The molecule has 138 valence electrons. The third kappa shape index (κ3) is 3.06. The van der Waals surface area contributed by atoms with Crippen LogP contribution in [0.3, 0.4) is 0 Å². The summed E-state index contributed by atoms with van der Waals surface area (Å²) in [5.74, 6) is 1.26. The maximum atomic E-state index is 12.9. The van der Waals surface area contributed by atoms with E-state index in [1.54, 1.807) is 6.07 Å². The Hall–Kier alpha value is -2.44. The molecule has 4 rings (SSSR count). The van der Waals surface area contributed by atoms with Crippen molar-refractivity contribution in [1.29, 1.82) is 0 Å². The van der Waals surface area contributed by atoms with Crippen molar-refractivity contribution in [2.45, 2.75) is 58.4 Å². The third-order valence-electron chi connectivity index (χ3n) is 5.72. The van der Waals surface area contributed by atoms with E-state index in [1.807, 2.05) is 18.7 Å². The minimum atomic E-state index is -0.152. The Bertz CT molecular complexity index is 878. The first-order valence-corrected chi connectivity index (χ1v) is 9.42. The van der Waals surface area contributed by atoms with Crippen molar-refractivity contribution in [2.75, 3.05) is 13.1 Å². The smallest absolute Gasteiger partial charge is 0.273 e. The molecule has 2 aromatic rings. The highest BCUT2D eigenvalue weighted by atomic mass is 16.2. The molecule has 1 fully saturated rings. The molecule has 1 N–H and O–H groups in total. The summed E-state index contributed by atoms with van der Waals surface area (Å²) in [5.41, 5.74) is 3.76. The molecule has 1 saturated heterocycles. The van der Waals surface area contributed by atoms with Crippen LogP contribution in [-0.4, -0.2) is 43.6 Å².